The maximum atomic E-state index is 5.50. The van der Waals surface area contributed by atoms with Crippen LogP contribution in [0.3, 0.4) is 0 Å². The third-order valence-electron chi connectivity index (χ3n) is 2.48. The molecule has 14 heavy (non-hydrogen) atoms. The van der Waals surface area contributed by atoms with E-state index in [0.29, 0.717) is 6.10 Å². The summed E-state index contributed by atoms with van der Waals surface area (Å²) in [7, 11) is 1.90. The number of rotatable bonds is 4. The van der Waals surface area contributed by atoms with Gasteiger partial charge in [-0.3, -0.25) is 4.68 Å². The Morgan fingerprint density at radius 1 is 1.71 bits per heavy atom. The van der Waals surface area contributed by atoms with Gasteiger partial charge in [0.1, 0.15) is 12.2 Å². The fourth-order valence-corrected chi connectivity index (χ4v) is 1.63. The van der Waals surface area contributed by atoms with E-state index in [0.717, 1.165) is 25.5 Å². The smallest absolute Gasteiger partial charge is 0.140 e. The highest BCUT2D eigenvalue weighted by atomic mass is 16.5. The molecule has 1 aliphatic heterocycles. The van der Waals surface area contributed by atoms with Crippen LogP contribution in [0.15, 0.2) is 6.33 Å². The Hall–Kier alpha value is -0.940. The van der Waals surface area contributed by atoms with Crippen LogP contribution in [0.4, 0.5) is 0 Å². The standard InChI is InChI=1S/C9H16N4O/c1-13-9(11-7-12-13)6-10-5-8-3-2-4-14-8/h7-8,10H,2-6H2,1H3. The van der Waals surface area contributed by atoms with Gasteiger partial charge in [0.05, 0.1) is 12.6 Å². The van der Waals surface area contributed by atoms with Gasteiger partial charge in [-0.1, -0.05) is 0 Å². The van der Waals surface area contributed by atoms with Gasteiger partial charge in [0, 0.05) is 20.2 Å². The summed E-state index contributed by atoms with van der Waals surface area (Å²) in [4.78, 5) is 4.13. The minimum Gasteiger partial charge on any atom is -0.377 e. The Labute approximate surface area is 83.5 Å². The van der Waals surface area contributed by atoms with Gasteiger partial charge >= 0.3 is 0 Å². The van der Waals surface area contributed by atoms with Crippen molar-refractivity contribution >= 4 is 0 Å². The molecule has 5 heteroatoms. The molecule has 1 N–H and O–H groups in total. The Bertz CT molecular complexity index is 280. The number of hydrogen-bond donors (Lipinski definition) is 1. The average Bonchev–Trinajstić information content (AvgIpc) is 2.78. The molecule has 1 aromatic heterocycles. The molecule has 1 aromatic rings. The molecule has 0 saturated carbocycles. The molecule has 1 unspecified atom stereocenters. The predicted octanol–water partition coefficient (Wildman–Crippen LogP) is 0.0837. The van der Waals surface area contributed by atoms with Crippen molar-refractivity contribution in [1.29, 1.82) is 0 Å². The van der Waals surface area contributed by atoms with Gasteiger partial charge in [0.25, 0.3) is 0 Å². The van der Waals surface area contributed by atoms with E-state index in [1.54, 1.807) is 11.0 Å². The lowest BCUT2D eigenvalue weighted by Gasteiger charge is -2.09. The van der Waals surface area contributed by atoms with Gasteiger partial charge in [-0.2, -0.15) is 5.10 Å². The summed E-state index contributed by atoms with van der Waals surface area (Å²) in [5.74, 6) is 0.961. The molecule has 1 saturated heterocycles. The van der Waals surface area contributed by atoms with Crippen LogP contribution >= 0.6 is 0 Å². The van der Waals surface area contributed by atoms with E-state index in [1.807, 2.05) is 7.05 Å². The highest BCUT2D eigenvalue weighted by Gasteiger charge is 2.14. The molecule has 0 bridgehead atoms. The van der Waals surface area contributed by atoms with Gasteiger partial charge in [-0.25, -0.2) is 4.98 Å². The lowest BCUT2D eigenvalue weighted by Crippen LogP contribution is -2.26. The lowest BCUT2D eigenvalue weighted by molar-refractivity contribution is 0.109. The summed E-state index contributed by atoms with van der Waals surface area (Å²) >= 11 is 0. The van der Waals surface area contributed by atoms with E-state index >= 15 is 0 Å². The van der Waals surface area contributed by atoms with E-state index in [9.17, 15) is 0 Å². The molecule has 1 fully saturated rings. The fraction of sp³-hybridized carbons (Fsp3) is 0.778. The molecule has 0 radical (unpaired) electrons. The van der Waals surface area contributed by atoms with Crippen LogP contribution in [-0.2, 0) is 18.3 Å². The highest BCUT2D eigenvalue weighted by Crippen LogP contribution is 2.10. The summed E-state index contributed by atoms with van der Waals surface area (Å²) in [6.07, 6.45) is 4.33. The van der Waals surface area contributed by atoms with Crippen molar-refractivity contribution in [2.24, 2.45) is 7.05 Å². The first-order chi connectivity index (χ1) is 6.86. The summed E-state index contributed by atoms with van der Waals surface area (Å²) in [6, 6.07) is 0. The average molecular weight is 196 g/mol. The van der Waals surface area contributed by atoms with E-state index in [1.165, 1.54) is 12.8 Å². The summed E-state index contributed by atoms with van der Waals surface area (Å²) in [6.45, 7) is 2.58. The SMILES string of the molecule is Cn1ncnc1CNCC1CCCO1. The molecule has 0 amide bonds. The number of hydrogen-bond acceptors (Lipinski definition) is 4. The molecule has 2 heterocycles. The maximum absolute atomic E-state index is 5.50. The second-order valence-corrected chi connectivity index (χ2v) is 3.57. The van der Waals surface area contributed by atoms with Crippen molar-refractivity contribution < 1.29 is 4.74 Å². The molecular formula is C9H16N4O. The van der Waals surface area contributed by atoms with Crippen molar-refractivity contribution in [3.8, 4) is 0 Å². The Balaban J connectivity index is 1.70. The Morgan fingerprint density at radius 3 is 3.29 bits per heavy atom. The minimum absolute atomic E-state index is 0.392. The van der Waals surface area contributed by atoms with Crippen LogP contribution in [-0.4, -0.2) is 34.0 Å². The van der Waals surface area contributed by atoms with Crippen molar-refractivity contribution in [2.75, 3.05) is 13.2 Å². The van der Waals surface area contributed by atoms with Gasteiger partial charge in [-0.05, 0) is 12.8 Å². The van der Waals surface area contributed by atoms with Crippen LogP contribution in [0.5, 0.6) is 0 Å². The molecule has 0 aliphatic carbocycles. The molecule has 78 valence electrons. The zero-order chi connectivity index (χ0) is 9.80. The van der Waals surface area contributed by atoms with Crippen LogP contribution in [0, 0.1) is 0 Å². The molecular weight excluding hydrogens is 180 g/mol. The Morgan fingerprint density at radius 2 is 2.64 bits per heavy atom. The first-order valence-electron chi connectivity index (χ1n) is 5.01. The fourth-order valence-electron chi connectivity index (χ4n) is 1.63. The van der Waals surface area contributed by atoms with E-state index in [2.05, 4.69) is 15.4 Å². The number of aryl methyl sites for hydroxylation is 1. The van der Waals surface area contributed by atoms with E-state index in [-0.39, 0.29) is 0 Å². The van der Waals surface area contributed by atoms with Crippen molar-refractivity contribution in [3.05, 3.63) is 12.2 Å². The van der Waals surface area contributed by atoms with E-state index < -0.39 is 0 Å². The van der Waals surface area contributed by atoms with Crippen molar-refractivity contribution in [2.45, 2.75) is 25.5 Å². The van der Waals surface area contributed by atoms with Crippen LogP contribution in [0.2, 0.25) is 0 Å². The summed E-state index contributed by atoms with van der Waals surface area (Å²) < 4.78 is 7.28. The van der Waals surface area contributed by atoms with Gasteiger partial charge in [0.15, 0.2) is 0 Å². The lowest BCUT2D eigenvalue weighted by atomic mass is 10.2. The minimum atomic E-state index is 0.392. The Kier molecular flexibility index (Phi) is 3.10. The number of aromatic nitrogens is 3. The van der Waals surface area contributed by atoms with Crippen molar-refractivity contribution in [1.82, 2.24) is 20.1 Å². The summed E-state index contributed by atoms with van der Waals surface area (Å²) in [5.41, 5.74) is 0. The molecule has 0 aromatic carbocycles. The van der Waals surface area contributed by atoms with E-state index in [4.69, 9.17) is 4.74 Å². The monoisotopic (exact) mass is 196 g/mol. The maximum Gasteiger partial charge on any atom is 0.140 e. The number of nitrogens with one attached hydrogen (secondary N) is 1. The number of nitrogens with zero attached hydrogens (tertiary/aromatic N) is 3. The van der Waals surface area contributed by atoms with Gasteiger partial charge in [-0.15, -0.1) is 0 Å². The van der Waals surface area contributed by atoms with Gasteiger partial charge in [0.2, 0.25) is 0 Å². The molecule has 1 aliphatic rings. The highest BCUT2D eigenvalue weighted by molar-refractivity contribution is 4.82. The zero-order valence-electron chi connectivity index (χ0n) is 8.44. The third-order valence-corrected chi connectivity index (χ3v) is 2.48. The van der Waals surface area contributed by atoms with Crippen LogP contribution in [0.1, 0.15) is 18.7 Å². The topological polar surface area (TPSA) is 52.0 Å². The third kappa shape index (κ3) is 2.30. The van der Waals surface area contributed by atoms with Crippen molar-refractivity contribution in [3.63, 3.8) is 0 Å². The predicted molar refractivity (Wildman–Crippen MR) is 51.7 cm³/mol. The van der Waals surface area contributed by atoms with Crippen LogP contribution < -0.4 is 5.32 Å². The second kappa shape index (κ2) is 4.52. The molecule has 5 nitrogen and oxygen atoms in total. The summed E-state index contributed by atoms with van der Waals surface area (Å²) in [5, 5.41) is 7.32. The largest absolute Gasteiger partial charge is 0.377 e. The quantitative estimate of drug-likeness (QED) is 0.741. The zero-order valence-corrected chi connectivity index (χ0v) is 8.44. The molecule has 2 rings (SSSR count). The first-order valence-corrected chi connectivity index (χ1v) is 5.01. The number of ether oxygens (including phenoxy) is 1. The molecule has 0 spiro atoms. The normalized spacial score (nSPS) is 21.6. The second-order valence-electron chi connectivity index (χ2n) is 3.57. The van der Waals surface area contributed by atoms with Gasteiger partial charge < -0.3 is 10.1 Å². The van der Waals surface area contributed by atoms with Crippen LogP contribution in [0.25, 0.3) is 0 Å². The molecule has 1 atom stereocenters. The first kappa shape index (κ1) is 9.61.